The summed E-state index contributed by atoms with van der Waals surface area (Å²) >= 11 is 6.72. The summed E-state index contributed by atoms with van der Waals surface area (Å²) in [7, 11) is 0. The van der Waals surface area contributed by atoms with Gasteiger partial charge in [-0.05, 0) is 23.6 Å². The molecular formula is C12H11Br2NO. The maximum Gasteiger partial charge on any atom is 0.147 e. The number of carbonyl (C=O) groups is 1. The van der Waals surface area contributed by atoms with Gasteiger partial charge in [0.2, 0.25) is 0 Å². The van der Waals surface area contributed by atoms with E-state index in [1.54, 1.807) is 0 Å². The molecule has 1 atom stereocenters. The number of alkyl halides is 2. The lowest BCUT2D eigenvalue weighted by Crippen LogP contribution is -2.05. The highest BCUT2D eigenvalue weighted by Gasteiger charge is 2.16. The van der Waals surface area contributed by atoms with Crippen LogP contribution in [-0.4, -0.2) is 5.78 Å². The average Bonchev–Trinajstić information content (AvgIpc) is 2.28. The topological polar surface area (TPSA) is 40.9 Å². The van der Waals surface area contributed by atoms with Gasteiger partial charge in [0.25, 0.3) is 0 Å². The van der Waals surface area contributed by atoms with E-state index in [0.717, 1.165) is 22.0 Å². The van der Waals surface area contributed by atoms with Gasteiger partial charge in [-0.25, -0.2) is 0 Å². The van der Waals surface area contributed by atoms with Gasteiger partial charge in [-0.2, -0.15) is 5.26 Å². The van der Waals surface area contributed by atoms with E-state index in [-0.39, 0.29) is 10.6 Å². The molecular weight excluding hydrogens is 334 g/mol. The monoisotopic (exact) mass is 343 g/mol. The Morgan fingerprint density at radius 3 is 2.75 bits per heavy atom. The smallest absolute Gasteiger partial charge is 0.147 e. The maximum absolute atomic E-state index is 11.3. The van der Waals surface area contributed by atoms with Gasteiger partial charge in [-0.3, -0.25) is 4.79 Å². The molecule has 16 heavy (non-hydrogen) atoms. The zero-order chi connectivity index (χ0) is 12.1. The van der Waals surface area contributed by atoms with E-state index in [0.29, 0.717) is 6.42 Å². The normalized spacial score (nSPS) is 11.9. The van der Waals surface area contributed by atoms with Gasteiger partial charge in [0, 0.05) is 5.33 Å². The van der Waals surface area contributed by atoms with Crippen molar-refractivity contribution in [1.29, 1.82) is 5.26 Å². The van der Waals surface area contributed by atoms with Gasteiger partial charge >= 0.3 is 0 Å². The van der Waals surface area contributed by atoms with E-state index >= 15 is 0 Å². The fraction of sp³-hybridized carbons (Fsp3) is 0.333. The summed E-state index contributed by atoms with van der Waals surface area (Å²) in [6.07, 6.45) is 0.325. The fourth-order valence-corrected chi connectivity index (χ4v) is 2.24. The Kier molecular flexibility index (Phi) is 5.17. The van der Waals surface area contributed by atoms with Gasteiger partial charge in [-0.1, -0.05) is 50.1 Å². The molecule has 84 valence electrons. The second-order valence-electron chi connectivity index (χ2n) is 3.47. The summed E-state index contributed by atoms with van der Waals surface area (Å²) in [4.78, 5) is 11.0. The molecule has 0 amide bonds. The Morgan fingerprint density at radius 2 is 2.25 bits per heavy atom. The van der Waals surface area contributed by atoms with Crippen LogP contribution in [0.25, 0.3) is 0 Å². The molecule has 1 aromatic rings. The van der Waals surface area contributed by atoms with Crippen molar-refractivity contribution >= 4 is 37.6 Å². The molecule has 0 bridgehead atoms. The molecule has 0 saturated heterocycles. The Labute approximate surface area is 112 Å². The SMILES string of the molecule is CC(=O)C(Br)c1ccc(CBr)cc1CC#N. The zero-order valence-electron chi connectivity index (χ0n) is 8.84. The van der Waals surface area contributed by atoms with Crippen molar-refractivity contribution in [1.82, 2.24) is 0 Å². The molecule has 4 heteroatoms. The number of halogens is 2. The highest BCUT2D eigenvalue weighted by Crippen LogP contribution is 2.28. The molecule has 1 unspecified atom stereocenters. The second-order valence-corrected chi connectivity index (χ2v) is 4.95. The molecule has 1 aromatic carbocycles. The number of nitriles is 1. The molecule has 0 aliphatic heterocycles. The van der Waals surface area contributed by atoms with Crippen LogP contribution in [-0.2, 0) is 16.5 Å². The van der Waals surface area contributed by atoms with Crippen molar-refractivity contribution in [3.05, 3.63) is 34.9 Å². The summed E-state index contributed by atoms with van der Waals surface area (Å²) in [6.45, 7) is 1.54. The molecule has 0 radical (unpaired) electrons. The third kappa shape index (κ3) is 3.16. The molecule has 0 aliphatic rings. The van der Waals surface area contributed by atoms with Crippen LogP contribution in [0.5, 0.6) is 0 Å². The van der Waals surface area contributed by atoms with E-state index in [2.05, 4.69) is 37.9 Å². The van der Waals surface area contributed by atoms with Crippen LogP contribution in [0.4, 0.5) is 0 Å². The first-order chi connectivity index (χ1) is 7.60. The number of ketones is 1. The number of benzene rings is 1. The van der Waals surface area contributed by atoms with Crippen LogP contribution in [0.2, 0.25) is 0 Å². The number of hydrogen-bond acceptors (Lipinski definition) is 2. The first-order valence-electron chi connectivity index (χ1n) is 4.79. The Balaban J connectivity index is 3.18. The molecule has 0 aromatic heterocycles. The van der Waals surface area contributed by atoms with E-state index in [4.69, 9.17) is 5.26 Å². The van der Waals surface area contributed by atoms with Crippen molar-refractivity contribution in [3.63, 3.8) is 0 Å². The Hall–Kier alpha value is -0.660. The van der Waals surface area contributed by atoms with E-state index in [1.807, 2.05) is 18.2 Å². The van der Waals surface area contributed by atoms with Crippen LogP contribution in [0.1, 0.15) is 28.4 Å². The minimum Gasteiger partial charge on any atom is -0.298 e. The minimum absolute atomic E-state index is 0.0470. The first kappa shape index (κ1) is 13.4. The lowest BCUT2D eigenvalue weighted by molar-refractivity contribution is -0.116. The van der Waals surface area contributed by atoms with E-state index in [1.165, 1.54) is 6.92 Å². The number of rotatable bonds is 4. The summed E-state index contributed by atoms with van der Waals surface area (Å²) < 4.78 is 0. The van der Waals surface area contributed by atoms with Gasteiger partial charge in [0.15, 0.2) is 0 Å². The van der Waals surface area contributed by atoms with Crippen LogP contribution in [0.15, 0.2) is 18.2 Å². The van der Waals surface area contributed by atoms with Gasteiger partial charge in [-0.15, -0.1) is 0 Å². The van der Waals surface area contributed by atoms with Crippen molar-refractivity contribution in [2.24, 2.45) is 0 Å². The molecule has 1 rings (SSSR count). The van der Waals surface area contributed by atoms with E-state index < -0.39 is 0 Å². The van der Waals surface area contributed by atoms with E-state index in [9.17, 15) is 4.79 Å². The van der Waals surface area contributed by atoms with Crippen molar-refractivity contribution in [2.75, 3.05) is 0 Å². The maximum atomic E-state index is 11.3. The second kappa shape index (κ2) is 6.17. The first-order valence-corrected chi connectivity index (χ1v) is 6.83. The predicted molar refractivity (Wildman–Crippen MR) is 70.7 cm³/mol. The highest BCUT2D eigenvalue weighted by molar-refractivity contribution is 9.09. The summed E-state index contributed by atoms with van der Waals surface area (Å²) in [5.41, 5.74) is 2.91. The third-order valence-electron chi connectivity index (χ3n) is 2.26. The fourth-order valence-electron chi connectivity index (χ4n) is 1.45. The highest BCUT2D eigenvalue weighted by atomic mass is 79.9. The van der Waals surface area contributed by atoms with Crippen molar-refractivity contribution in [3.8, 4) is 6.07 Å². The van der Waals surface area contributed by atoms with Gasteiger partial charge in [0.05, 0.1) is 17.3 Å². The largest absolute Gasteiger partial charge is 0.298 e. The molecule has 0 aliphatic carbocycles. The zero-order valence-corrected chi connectivity index (χ0v) is 12.0. The van der Waals surface area contributed by atoms with Crippen molar-refractivity contribution in [2.45, 2.75) is 23.5 Å². The lowest BCUT2D eigenvalue weighted by atomic mass is 9.98. The lowest BCUT2D eigenvalue weighted by Gasteiger charge is -2.12. The van der Waals surface area contributed by atoms with Gasteiger partial charge in [0.1, 0.15) is 5.78 Å². The Bertz CT molecular complexity index is 437. The summed E-state index contributed by atoms with van der Waals surface area (Å²) in [5, 5.41) is 9.51. The summed E-state index contributed by atoms with van der Waals surface area (Å²) in [6, 6.07) is 7.95. The van der Waals surface area contributed by atoms with Crippen LogP contribution in [0.3, 0.4) is 0 Å². The van der Waals surface area contributed by atoms with Gasteiger partial charge < -0.3 is 0 Å². The third-order valence-corrected chi connectivity index (χ3v) is 4.05. The quantitative estimate of drug-likeness (QED) is 0.782. The van der Waals surface area contributed by atoms with Crippen LogP contribution in [0, 0.1) is 11.3 Å². The standard InChI is InChI=1S/C12H11Br2NO/c1-8(16)12(14)11-3-2-9(7-13)6-10(11)4-5-15/h2-3,6,12H,4,7H2,1H3. The number of carbonyl (C=O) groups excluding carboxylic acids is 1. The number of hydrogen-bond donors (Lipinski definition) is 0. The number of Topliss-reactive ketones (excluding diaryl/α,β-unsaturated/α-hetero) is 1. The molecule has 0 N–H and O–H groups in total. The molecule has 2 nitrogen and oxygen atoms in total. The number of nitrogens with zero attached hydrogens (tertiary/aromatic N) is 1. The molecule has 0 spiro atoms. The summed E-state index contributed by atoms with van der Waals surface area (Å²) in [5.74, 6) is 0.0470. The Morgan fingerprint density at radius 1 is 1.56 bits per heavy atom. The molecule has 0 fully saturated rings. The average molecular weight is 345 g/mol. The minimum atomic E-state index is -0.319. The van der Waals surface area contributed by atoms with Crippen LogP contribution < -0.4 is 0 Å². The van der Waals surface area contributed by atoms with Crippen LogP contribution >= 0.6 is 31.9 Å². The molecule has 0 heterocycles. The van der Waals surface area contributed by atoms with Crippen molar-refractivity contribution < 1.29 is 4.79 Å². The molecule has 0 saturated carbocycles. The predicted octanol–water partition coefficient (Wildman–Crippen LogP) is 3.67.